The second-order valence-electron chi connectivity index (χ2n) is 6.86. The molecule has 0 bridgehead atoms. The molecule has 1 heterocycles. The molecule has 2 aliphatic rings. The van der Waals surface area contributed by atoms with E-state index < -0.39 is 5.91 Å². The first-order valence-corrected chi connectivity index (χ1v) is 9.42. The van der Waals surface area contributed by atoms with Crippen molar-refractivity contribution in [1.82, 2.24) is 5.32 Å². The molecule has 1 aromatic carbocycles. The van der Waals surface area contributed by atoms with E-state index in [9.17, 15) is 4.79 Å². The minimum absolute atomic E-state index is 0.171. The second kappa shape index (κ2) is 9.15. The van der Waals surface area contributed by atoms with Crippen LogP contribution in [0.1, 0.15) is 49.1 Å². The number of rotatable bonds is 4. The summed E-state index contributed by atoms with van der Waals surface area (Å²) in [5.41, 5.74) is 10.2. The van der Waals surface area contributed by atoms with Crippen molar-refractivity contribution in [3.63, 3.8) is 0 Å². The Kier molecular flexibility index (Phi) is 6.39. The lowest BCUT2D eigenvalue weighted by atomic mass is 9.87. The van der Waals surface area contributed by atoms with Crippen LogP contribution >= 0.6 is 0 Å². The molecule has 6 nitrogen and oxygen atoms in total. The Morgan fingerprint density at radius 3 is 2.89 bits per heavy atom. The quantitative estimate of drug-likeness (QED) is 0.434. The maximum Gasteiger partial charge on any atom is 0.290 e. The molecule has 0 radical (unpaired) electrons. The SMILES string of the molecule is N#C/C=C/N=C(N)C(=O)Nc1ccc(C2CCNCC2)cc1C1=CCCC1. The van der Waals surface area contributed by atoms with Gasteiger partial charge < -0.3 is 16.4 Å². The van der Waals surface area contributed by atoms with Gasteiger partial charge in [0.2, 0.25) is 0 Å². The van der Waals surface area contributed by atoms with E-state index in [-0.39, 0.29) is 5.84 Å². The number of carbonyl (C=O) groups is 1. The largest absolute Gasteiger partial charge is 0.379 e. The molecule has 4 N–H and O–H groups in total. The highest BCUT2D eigenvalue weighted by Gasteiger charge is 2.20. The van der Waals surface area contributed by atoms with Crippen LogP contribution in [0, 0.1) is 11.3 Å². The number of nitriles is 1. The predicted octanol–water partition coefficient (Wildman–Crippen LogP) is 3.05. The summed E-state index contributed by atoms with van der Waals surface area (Å²) < 4.78 is 0. The maximum absolute atomic E-state index is 12.3. The van der Waals surface area contributed by atoms with Gasteiger partial charge in [-0.15, -0.1) is 0 Å². The number of benzene rings is 1. The topological polar surface area (TPSA) is 103 Å². The first-order chi connectivity index (χ1) is 13.2. The highest BCUT2D eigenvalue weighted by Crippen LogP contribution is 2.36. The van der Waals surface area contributed by atoms with E-state index in [1.165, 1.54) is 23.4 Å². The van der Waals surface area contributed by atoms with Crippen molar-refractivity contribution in [2.75, 3.05) is 18.4 Å². The fourth-order valence-corrected chi connectivity index (χ4v) is 3.66. The molecule has 1 amide bonds. The summed E-state index contributed by atoms with van der Waals surface area (Å²) in [5.74, 6) is -0.0816. The summed E-state index contributed by atoms with van der Waals surface area (Å²) >= 11 is 0. The lowest BCUT2D eigenvalue weighted by molar-refractivity contribution is -0.110. The van der Waals surface area contributed by atoms with E-state index in [0.717, 1.165) is 56.4 Å². The summed E-state index contributed by atoms with van der Waals surface area (Å²) in [4.78, 5) is 16.1. The van der Waals surface area contributed by atoms with E-state index in [0.29, 0.717) is 5.92 Å². The molecular weight excluding hydrogens is 338 g/mol. The third-order valence-corrected chi connectivity index (χ3v) is 5.08. The van der Waals surface area contributed by atoms with Crippen LogP contribution < -0.4 is 16.4 Å². The summed E-state index contributed by atoms with van der Waals surface area (Å²) in [6.45, 7) is 2.09. The van der Waals surface area contributed by atoms with Crippen LogP contribution in [0.3, 0.4) is 0 Å². The average Bonchev–Trinajstić information content (AvgIpc) is 3.23. The van der Waals surface area contributed by atoms with Crippen molar-refractivity contribution >= 4 is 23.0 Å². The normalized spacial score (nSPS) is 18.3. The van der Waals surface area contributed by atoms with Crippen molar-refractivity contribution in [3.05, 3.63) is 47.7 Å². The average molecular weight is 363 g/mol. The Morgan fingerprint density at radius 1 is 1.37 bits per heavy atom. The number of aliphatic imine (C=N–C) groups is 1. The predicted molar refractivity (Wildman–Crippen MR) is 108 cm³/mol. The van der Waals surface area contributed by atoms with Gasteiger partial charge in [-0.25, -0.2) is 4.99 Å². The van der Waals surface area contributed by atoms with Crippen molar-refractivity contribution in [2.45, 2.75) is 38.0 Å². The molecule has 1 aromatic rings. The summed E-state index contributed by atoms with van der Waals surface area (Å²) in [5, 5.41) is 14.8. The summed E-state index contributed by atoms with van der Waals surface area (Å²) in [6.07, 6.45) is 10.1. The van der Waals surface area contributed by atoms with Gasteiger partial charge in [-0.3, -0.25) is 4.79 Å². The Balaban J connectivity index is 1.85. The number of hydrogen-bond donors (Lipinski definition) is 3. The lowest BCUT2D eigenvalue weighted by Gasteiger charge is -2.24. The number of amidine groups is 1. The molecule has 0 atom stereocenters. The zero-order valence-electron chi connectivity index (χ0n) is 15.4. The van der Waals surface area contributed by atoms with Crippen LogP contribution in [0.15, 0.2) is 41.5 Å². The first-order valence-electron chi connectivity index (χ1n) is 9.42. The molecule has 0 spiro atoms. The number of amides is 1. The number of nitrogens with one attached hydrogen (secondary N) is 2. The number of nitrogens with two attached hydrogens (primary N) is 1. The Morgan fingerprint density at radius 2 is 2.19 bits per heavy atom. The van der Waals surface area contributed by atoms with Crippen LogP contribution in [-0.2, 0) is 4.79 Å². The minimum Gasteiger partial charge on any atom is -0.379 e. The molecule has 27 heavy (non-hydrogen) atoms. The molecule has 1 saturated heterocycles. The Bertz CT molecular complexity index is 825. The summed E-state index contributed by atoms with van der Waals surface area (Å²) in [6, 6.07) is 8.12. The number of nitrogens with zero attached hydrogens (tertiary/aromatic N) is 2. The lowest BCUT2D eigenvalue weighted by Crippen LogP contribution is -2.30. The van der Waals surface area contributed by atoms with Gasteiger partial charge in [0.1, 0.15) is 0 Å². The molecule has 140 valence electrons. The van der Waals surface area contributed by atoms with Gasteiger partial charge in [0.15, 0.2) is 5.84 Å². The van der Waals surface area contributed by atoms with Crippen LogP contribution in [0.4, 0.5) is 5.69 Å². The van der Waals surface area contributed by atoms with E-state index in [4.69, 9.17) is 11.0 Å². The Hall–Kier alpha value is -2.91. The summed E-state index contributed by atoms with van der Waals surface area (Å²) in [7, 11) is 0. The van der Waals surface area contributed by atoms with Crippen LogP contribution in [0.2, 0.25) is 0 Å². The zero-order chi connectivity index (χ0) is 19.1. The molecule has 1 fully saturated rings. The molecule has 3 rings (SSSR count). The molecule has 1 aliphatic heterocycles. The molecule has 6 heteroatoms. The molecule has 1 aliphatic carbocycles. The van der Waals surface area contributed by atoms with Gasteiger partial charge in [0, 0.05) is 23.5 Å². The van der Waals surface area contributed by atoms with Crippen LogP contribution in [-0.4, -0.2) is 24.8 Å². The monoisotopic (exact) mass is 363 g/mol. The van der Waals surface area contributed by atoms with Gasteiger partial charge in [-0.05, 0) is 74.4 Å². The van der Waals surface area contributed by atoms with Gasteiger partial charge >= 0.3 is 0 Å². The van der Waals surface area contributed by atoms with Crippen molar-refractivity contribution in [1.29, 1.82) is 5.26 Å². The van der Waals surface area contributed by atoms with Crippen molar-refractivity contribution in [3.8, 4) is 6.07 Å². The number of carbonyl (C=O) groups excluding carboxylic acids is 1. The van der Waals surface area contributed by atoms with Gasteiger partial charge in [0.05, 0.1) is 6.07 Å². The molecule has 0 unspecified atom stereocenters. The minimum atomic E-state index is -0.466. The number of hydrogen-bond acceptors (Lipinski definition) is 4. The first kappa shape index (κ1) is 18.9. The fourth-order valence-electron chi connectivity index (χ4n) is 3.66. The maximum atomic E-state index is 12.3. The van der Waals surface area contributed by atoms with E-state index in [1.54, 1.807) is 0 Å². The fraction of sp³-hybridized carbons (Fsp3) is 0.381. The van der Waals surface area contributed by atoms with E-state index >= 15 is 0 Å². The van der Waals surface area contributed by atoms with E-state index in [2.05, 4.69) is 33.8 Å². The third-order valence-electron chi connectivity index (χ3n) is 5.08. The number of anilines is 1. The van der Waals surface area contributed by atoms with Crippen molar-refractivity contribution in [2.24, 2.45) is 10.7 Å². The smallest absolute Gasteiger partial charge is 0.290 e. The number of allylic oxidation sites excluding steroid dienone is 3. The molecule has 0 saturated carbocycles. The Labute approximate surface area is 159 Å². The number of piperidine rings is 1. The zero-order valence-corrected chi connectivity index (χ0v) is 15.4. The van der Waals surface area contributed by atoms with Gasteiger partial charge in [-0.1, -0.05) is 12.1 Å². The van der Waals surface area contributed by atoms with Gasteiger partial charge in [-0.2, -0.15) is 5.26 Å². The van der Waals surface area contributed by atoms with Crippen LogP contribution in [0.5, 0.6) is 0 Å². The highest BCUT2D eigenvalue weighted by molar-refractivity contribution is 6.41. The van der Waals surface area contributed by atoms with E-state index in [1.807, 2.05) is 12.1 Å². The highest BCUT2D eigenvalue weighted by atomic mass is 16.2. The standard InChI is InChI=1S/C21H25N5O/c22-10-3-11-25-20(23)21(27)26-19-7-6-17(15-8-12-24-13-9-15)14-18(19)16-4-1-2-5-16/h3-4,6-7,11,14-15,24H,1-2,5,8-9,12-13H2,(H2,23,25)(H,26,27)/b11-3+. The van der Waals surface area contributed by atoms with Gasteiger partial charge in [0.25, 0.3) is 5.91 Å². The molecule has 0 aromatic heterocycles. The second-order valence-corrected chi connectivity index (χ2v) is 6.86. The molecular formula is C21H25N5O. The van der Waals surface area contributed by atoms with Crippen molar-refractivity contribution < 1.29 is 4.79 Å². The van der Waals surface area contributed by atoms with Crippen LogP contribution in [0.25, 0.3) is 5.57 Å². The third kappa shape index (κ3) is 4.83.